The monoisotopic (exact) mass is 630 g/mol. The summed E-state index contributed by atoms with van der Waals surface area (Å²) >= 11 is 7.60. The SMILES string of the molecule is CCOC(=O)Cn1ccc2cc(OCCc3sc(-c4ccc(C(F)(F)F)cc4)nc3CCc3c(F)cccc3Cl)ccc21. The highest BCUT2D eigenvalue weighted by atomic mass is 35.5. The van der Waals surface area contributed by atoms with Crippen LogP contribution in [0, 0.1) is 5.82 Å². The maximum Gasteiger partial charge on any atom is 0.416 e. The van der Waals surface area contributed by atoms with Crippen LogP contribution in [0.3, 0.4) is 0 Å². The van der Waals surface area contributed by atoms with Crippen molar-refractivity contribution in [2.45, 2.75) is 38.9 Å². The number of benzene rings is 3. The van der Waals surface area contributed by atoms with Gasteiger partial charge in [-0.1, -0.05) is 29.8 Å². The molecule has 0 amide bonds. The van der Waals surface area contributed by atoms with E-state index in [-0.39, 0.29) is 12.5 Å². The molecule has 5 aromatic rings. The van der Waals surface area contributed by atoms with Crippen molar-refractivity contribution in [3.8, 4) is 16.3 Å². The maximum absolute atomic E-state index is 14.4. The van der Waals surface area contributed by atoms with E-state index in [2.05, 4.69) is 0 Å². The molecule has 0 atom stereocenters. The van der Waals surface area contributed by atoms with Gasteiger partial charge < -0.3 is 14.0 Å². The largest absolute Gasteiger partial charge is 0.493 e. The van der Waals surface area contributed by atoms with E-state index in [1.807, 2.05) is 35.0 Å². The molecule has 5 nitrogen and oxygen atoms in total. The van der Waals surface area contributed by atoms with Gasteiger partial charge in [0.25, 0.3) is 0 Å². The third-order valence-electron chi connectivity index (χ3n) is 6.86. The van der Waals surface area contributed by atoms with Gasteiger partial charge in [0.2, 0.25) is 0 Å². The van der Waals surface area contributed by atoms with E-state index in [0.717, 1.165) is 27.9 Å². The fourth-order valence-corrected chi connectivity index (χ4v) is 6.08. The average molecular weight is 631 g/mol. The molecule has 11 heteroatoms. The summed E-state index contributed by atoms with van der Waals surface area (Å²) in [6.45, 7) is 2.52. The molecule has 0 saturated carbocycles. The van der Waals surface area contributed by atoms with Gasteiger partial charge in [0.05, 0.1) is 24.5 Å². The Morgan fingerprint density at radius 1 is 1.02 bits per heavy atom. The standard InChI is InChI=1S/C32H27ClF4N2O3S/c1-2-41-30(40)19-39-16-14-21-18-23(10-13-28(21)39)42-17-15-29-27(12-11-24-25(33)4-3-5-26(24)34)38-31(43-29)20-6-8-22(9-7-20)32(35,36)37/h3-10,13-14,16,18H,2,11-12,15,17,19H2,1H3. The van der Waals surface area contributed by atoms with E-state index in [1.54, 1.807) is 19.1 Å². The molecule has 0 bridgehead atoms. The summed E-state index contributed by atoms with van der Waals surface area (Å²) in [7, 11) is 0. The first kappa shape index (κ1) is 30.6. The van der Waals surface area contributed by atoms with E-state index >= 15 is 0 Å². The van der Waals surface area contributed by atoms with Crippen LogP contribution in [0.15, 0.2) is 72.9 Å². The second-order valence-corrected chi connectivity index (χ2v) is 11.2. The van der Waals surface area contributed by atoms with Crippen molar-refractivity contribution in [1.82, 2.24) is 9.55 Å². The predicted octanol–water partition coefficient (Wildman–Crippen LogP) is 8.55. The summed E-state index contributed by atoms with van der Waals surface area (Å²) in [5.74, 6) is -0.0655. The van der Waals surface area contributed by atoms with Crippen molar-refractivity contribution >= 4 is 39.8 Å². The van der Waals surface area contributed by atoms with Crippen molar-refractivity contribution in [1.29, 1.82) is 0 Å². The second-order valence-electron chi connectivity index (χ2n) is 9.73. The lowest BCUT2D eigenvalue weighted by Crippen LogP contribution is -2.12. The van der Waals surface area contributed by atoms with Crippen molar-refractivity contribution in [3.63, 3.8) is 0 Å². The Bertz CT molecular complexity index is 1710. The lowest BCUT2D eigenvalue weighted by Gasteiger charge is -2.09. The maximum atomic E-state index is 14.4. The summed E-state index contributed by atoms with van der Waals surface area (Å²) in [6, 6.07) is 16.9. The van der Waals surface area contributed by atoms with Gasteiger partial charge in [0.1, 0.15) is 23.1 Å². The van der Waals surface area contributed by atoms with Crippen LogP contribution < -0.4 is 4.74 Å². The van der Waals surface area contributed by atoms with E-state index in [0.29, 0.717) is 65.1 Å². The van der Waals surface area contributed by atoms with Crippen LogP contribution in [0.5, 0.6) is 5.75 Å². The molecule has 0 saturated heterocycles. The number of fused-ring (bicyclic) bond motifs is 1. The summed E-state index contributed by atoms with van der Waals surface area (Å²) in [6.07, 6.45) is -1.41. The number of aryl methyl sites for hydroxylation is 1. The number of ether oxygens (including phenoxy) is 2. The van der Waals surface area contributed by atoms with Gasteiger partial charge in [-0.25, -0.2) is 9.37 Å². The molecular weight excluding hydrogens is 604 g/mol. The number of aromatic nitrogens is 2. The number of esters is 1. The molecule has 0 aliphatic rings. The molecule has 0 unspecified atom stereocenters. The van der Waals surface area contributed by atoms with Gasteiger partial charge in [0.15, 0.2) is 0 Å². The van der Waals surface area contributed by atoms with E-state index in [9.17, 15) is 22.4 Å². The molecule has 3 aromatic carbocycles. The Balaban J connectivity index is 1.32. The molecule has 5 rings (SSSR count). The van der Waals surface area contributed by atoms with Crippen LogP contribution in [-0.2, 0) is 41.5 Å². The van der Waals surface area contributed by atoms with E-state index in [4.69, 9.17) is 26.1 Å². The molecular formula is C32H27ClF4N2O3S. The molecule has 0 radical (unpaired) electrons. The number of alkyl halides is 3. The van der Waals surface area contributed by atoms with Crippen LogP contribution >= 0.6 is 22.9 Å². The van der Waals surface area contributed by atoms with Gasteiger partial charge in [-0.15, -0.1) is 11.3 Å². The first-order chi connectivity index (χ1) is 20.6. The highest BCUT2D eigenvalue weighted by molar-refractivity contribution is 7.15. The quantitative estimate of drug-likeness (QED) is 0.108. The van der Waals surface area contributed by atoms with Crippen molar-refractivity contribution in [2.24, 2.45) is 0 Å². The summed E-state index contributed by atoms with van der Waals surface area (Å²) in [5.41, 5.74) is 1.81. The first-order valence-electron chi connectivity index (χ1n) is 13.6. The smallest absolute Gasteiger partial charge is 0.416 e. The summed E-state index contributed by atoms with van der Waals surface area (Å²) in [5, 5.41) is 1.81. The summed E-state index contributed by atoms with van der Waals surface area (Å²) in [4.78, 5) is 17.5. The zero-order valence-corrected chi connectivity index (χ0v) is 24.7. The van der Waals surface area contributed by atoms with Gasteiger partial charge in [-0.2, -0.15) is 13.2 Å². The van der Waals surface area contributed by atoms with Gasteiger partial charge in [0, 0.05) is 44.5 Å². The number of hydrogen-bond acceptors (Lipinski definition) is 5. The molecule has 2 aromatic heterocycles. The van der Waals surface area contributed by atoms with Crippen molar-refractivity contribution in [2.75, 3.05) is 13.2 Å². The fraction of sp³-hybridized carbons (Fsp3) is 0.250. The van der Waals surface area contributed by atoms with Gasteiger partial charge >= 0.3 is 12.1 Å². The Hall–Kier alpha value is -3.89. The minimum absolute atomic E-state index is 0.116. The molecule has 43 heavy (non-hydrogen) atoms. The lowest BCUT2D eigenvalue weighted by atomic mass is 10.1. The van der Waals surface area contributed by atoms with Gasteiger partial charge in [-0.3, -0.25) is 4.79 Å². The van der Waals surface area contributed by atoms with Crippen LogP contribution in [0.4, 0.5) is 17.6 Å². The lowest BCUT2D eigenvalue weighted by molar-refractivity contribution is -0.143. The molecule has 0 N–H and O–H groups in total. The van der Waals surface area contributed by atoms with E-state index in [1.165, 1.54) is 29.5 Å². The fourth-order valence-electron chi connectivity index (χ4n) is 4.73. The van der Waals surface area contributed by atoms with Crippen LogP contribution in [0.25, 0.3) is 21.5 Å². The molecule has 0 aliphatic heterocycles. The predicted molar refractivity (Wildman–Crippen MR) is 159 cm³/mol. The average Bonchev–Trinajstić information content (AvgIpc) is 3.56. The minimum Gasteiger partial charge on any atom is -0.493 e. The van der Waals surface area contributed by atoms with Crippen LogP contribution in [0.2, 0.25) is 5.02 Å². The van der Waals surface area contributed by atoms with E-state index < -0.39 is 17.6 Å². The van der Waals surface area contributed by atoms with Crippen molar-refractivity contribution < 1.29 is 31.8 Å². The van der Waals surface area contributed by atoms with Crippen LogP contribution in [-0.4, -0.2) is 28.7 Å². The Morgan fingerprint density at radius 3 is 2.53 bits per heavy atom. The second kappa shape index (κ2) is 13.2. The van der Waals surface area contributed by atoms with Crippen molar-refractivity contribution in [3.05, 3.63) is 105 Å². The Morgan fingerprint density at radius 2 is 1.81 bits per heavy atom. The normalized spacial score (nSPS) is 11.7. The molecule has 0 fully saturated rings. The number of thiazole rings is 1. The Kier molecular flexibility index (Phi) is 9.37. The number of carbonyl (C=O) groups is 1. The number of rotatable bonds is 11. The molecule has 0 spiro atoms. The zero-order chi connectivity index (χ0) is 30.6. The number of nitrogens with zero attached hydrogens (tertiary/aromatic N) is 2. The van der Waals surface area contributed by atoms with Gasteiger partial charge in [-0.05, 0) is 68.3 Å². The Labute approximate surface area is 254 Å². The topological polar surface area (TPSA) is 53.4 Å². The van der Waals surface area contributed by atoms with Crippen LogP contribution in [0.1, 0.15) is 28.6 Å². The number of hydrogen-bond donors (Lipinski definition) is 0. The third-order valence-corrected chi connectivity index (χ3v) is 8.42. The zero-order valence-electron chi connectivity index (χ0n) is 23.1. The number of halogens is 5. The molecule has 0 aliphatic carbocycles. The molecule has 224 valence electrons. The number of carbonyl (C=O) groups excluding carboxylic acids is 1. The first-order valence-corrected chi connectivity index (χ1v) is 14.8. The minimum atomic E-state index is -4.43. The highest BCUT2D eigenvalue weighted by Gasteiger charge is 2.30. The summed E-state index contributed by atoms with van der Waals surface area (Å²) < 4.78 is 66.5. The molecule has 2 heterocycles. The highest BCUT2D eigenvalue weighted by Crippen LogP contribution is 2.34. The third kappa shape index (κ3) is 7.37.